The second-order valence-electron chi connectivity index (χ2n) is 1.48. The Morgan fingerprint density at radius 1 is 1.50 bits per heavy atom. The number of rotatable bonds is 2. The number of allylic oxidation sites excluding steroid dienone is 1. The van der Waals surface area contributed by atoms with Gasteiger partial charge >= 0.3 is 0 Å². The Kier molecular flexibility index (Phi) is 4.09. The Labute approximate surface area is 74.1 Å². The van der Waals surface area contributed by atoms with E-state index in [1.807, 2.05) is 0 Å². The van der Waals surface area contributed by atoms with Gasteiger partial charge < -0.3 is 5.32 Å². The summed E-state index contributed by atoms with van der Waals surface area (Å²) in [5.41, 5.74) is 0. The van der Waals surface area contributed by atoms with Crippen LogP contribution < -0.4 is 5.32 Å². The van der Waals surface area contributed by atoms with Gasteiger partial charge in [0.1, 0.15) is 0 Å². The van der Waals surface area contributed by atoms with E-state index >= 15 is 0 Å². The first kappa shape index (κ1) is 10.1. The molecule has 0 aliphatic carbocycles. The summed E-state index contributed by atoms with van der Waals surface area (Å²) in [5.74, 6) is -0.563. The van der Waals surface area contributed by atoms with Crippen molar-refractivity contribution in [2.45, 2.75) is 3.79 Å². The monoisotopic (exact) mass is 201 g/mol. The Hall–Kier alpha value is 0.0800. The van der Waals surface area contributed by atoms with E-state index < -0.39 is 9.58 Å². The van der Waals surface area contributed by atoms with E-state index in [0.29, 0.717) is 0 Å². The van der Waals surface area contributed by atoms with Crippen molar-refractivity contribution in [2.75, 3.05) is 7.05 Å². The van der Waals surface area contributed by atoms with Crippen molar-refractivity contribution in [2.24, 2.45) is 0 Å². The molecule has 0 saturated heterocycles. The van der Waals surface area contributed by atoms with Crippen LogP contribution in [0, 0.1) is 0 Å². The van der Waals surface area contributed by atoms with E-state index in [0.717, 1.165) is 6.08 Å². The van der Waals surface area contributed by atoms with Crippen LogP contribution >= 0.6 is 34.8 Å². The molecule has 0 rings (SSSR count). The predicted octanol–water partition coefficient (Wildman–Crippen LogP) is 1.66. The summed E-state index contributed by atoms with van der Waals surface area (Å²) >= 11 is 15.7. The van der Waals surface area contributed by atoms with Crippen LogP contribution in [0.1, 0.15) is 0 Å². The first-order valence-electron chi connectivity index (χ1n) is 2.43. The molecule has 58 valence electrons. The van der Waals surface area contributed by atoms with Crippen molar-refractivity contribution in [3.05, 3.63) is 12.3 Å². The third-order valence-electron chi connectivity index (χ3n) is 0.681. The molecule has 0 bridgehead atoms. The zero-order valence-corrected chi connectivity index (χ0v) is 7.46. The Balaban J connectivity index is 3.98. The van der Waals surface area contributed by atoms with Gasteiger partial charge in [0.15, 0.2) is 0 Å². The van der Waals surface area contributed by atoms with Crippen molar-refractivity contribution in [3.63, 3.8) is 0 Å². The van der Waals surface area contributed by atoms with Gasteiger partial charge in [-0.1, -0.05) is 34.8 Å². The molecule has 0 aliphatic rings. The molecule has 0 unspecified atom stereocenters. The molecule has 0 spiro atoms. The normalized spacial score (nSPS) is 12.0. The third-order valence-corrected chi connectivity index (χ3v) is 1.24. The molecule has 0 aliphatic heterocycles. The number of ketones is 1. The van der Waals surface area contributed by atoms with E-state index in [1.165, 1.54) is 6.20 Å². The minimum Gasteiger partial charge on any atom is -0.394 e. The Morgan fingerprint density at radius 3 is 2.30 bits per heavy atom. The van der Waals surface area contributed by atoms with Crippen LogP contribution in [0.5, 0.6) is 0 Å². The molecule has 0 radical (unpaired) electrons. The van der Waals surface area contributed by atoms with E-state index in [4.69, 9.17) is 34.8 Å². The molecular weight excluding hydrogens is 196 g/mol. The number of hydrogen-bond acceptors (Lipinski definition) is 2. The van der Waals surface area contributed by atoms with Crippen molar-refractivity contribution < 1.29 is 4.79 Å². The molecule has 0 atom stereocenters. The van der Waals surface area contributed by atoms with Gasteiger partial charge in [-0.05, 0) is 6.20 Å². The SMILES string of the molecule is CN/C=C/C(=O)C(Cl)(Cl)Cl. The van der Waals surface area contributed by atoms with Gasteiger partial charge in [-0.15, -0.1) is 0 Å². The highest BCUT2D eigenvalue weighted by Crippen LogP contribution is 2.27. The molecule has 0 saturated carbocycles. The number of nitrogens with one attached hydrogen (secondary N) is 1. The van der Waals surface area contributed by atoms with Crippen molar-refractivity contribution in [1.29, 1.82) is 0 Å². The first-order valence-corrected chi connectivity index (χ1v) is 3.57. The van der Waals surface area contributed by atoms with Crippen LogP contribution in [0.15, 0.2) is 12.3 Å². The molecule has 0 aromatic carbocycles. The smallest absolute Gasteiger partial charge is 0.252 e. The molecule has 10 heavy (non-hydrogen) atoms. The van der Waals surface area contributed by atoms with Gasteiger partial charge in [-0.2, -0.15) is 0 Å². The maximum atomic E-state index is 10.7. The summed E-state index contributed by atoms with van der Waals surface area (Å²) in [6.45, 7) is 0. The molecule has 2 nitrogen and oxygen atoms in total. The number of carbonyl (C=O) groups is 1. The van der Waals surface area contributed by atoms with Gasteiger partial charge in [0, 0.05) is 13.1 Å². The molecule has 1 N–H and O–H groups in total. The fraction of sp³-hybridized carbons (Fsp3) is 0.400. The highest BCUT2D eigenvalue weighted by atomic mass is 35.6. The summed E-state index contributed by atoms with van der Waals surface area (Å²) in [7, 11) is 1.64. The van der Waals surface area contributed by atoms with Crippen LogP contribution in [0.2, 0.25) is 0 Å². The molecule has 0 amide bonds. The fourth-order valence-corrected chi connectivity index (χ4v) is 0.442. The summed E-state index contributed by atoms with van der Waals surface area (Å²) in [5, 5.41) is 2.59. The Bertz CT molecular complexity index is 149. The summed E-state index contributed by atoms with van der Waals surface area (Å²) in [4.78, 5) is 10.7. The van der Waals surface area contributed by atoms with E-state index in [2.05, 4.69) is 5.32 Å². The lowest BCUT2D eigenvalue weighted by molar-refractivity contribution is -0.113. The molecule has 0 fully saturated rings. The molecule has 5 heteroatoms. The molecular formula is C5H6Cl3NO. The van der Waals surface area contributed by atoms with Gasteiger partial charge in [0.2, 0.25) is 5.78 Å². The molecule has 0 aromatic heterocycles. The maximum absolute atomic E-state index is 10.7. The highest BCUT2D eigenvalue weighted by Gasteiger charge is 2.27. The fourth-order valence-electron chi connectivity index (χ4n) is 0.254. The Morgan fingerprint density at radius 2 is 2.00 bits per heavy atom. The van der Waals surface area contributed by atoms with Crippen molar-refractivity contribution >= 4 is 40.6 Å². The lowest BCUT2D eigenvalue weighted by atomic mass is 10.4. The number of alkyl halides is 3. The van der Waals surface area contributed by atoms with Crippen LogP contribution in [-0.4, -0.2) is 16.6 Å². The summed E-state index contributed by atoms with van der Waals surface area (Å²) < 4.78 is -1.84. The zero-order chi connectivity index (χ0) is 8.20. The van der Waals surface area contributed by atoms with Crippen LogP contribution in [0.25, 0.3) is 0 Å². The second-order valence-corrected chi connectivity index (χ2v) is 3.77. The largest absolute Gasteiger partial charge is 0.394 e. The van der Waals surface area contributed by atoms with Gasteiger partial charge in [-0.3, -0.25) is 4.79 Å². The standard InChI is InChI=1S/C5H6Cl3NO/c1-9-3-2-4(10)5(6,7)8/h2-3,9H,1H3/b3-2+. The number of halogens is 3. The third kappa shape index (κ3) is 3.99. The van der Waals surface area contributed by atoms with Gasteiger partial charge in [0.05, 0.1) is 0 Å². The summed E-state index contributed by atoms with van der Waals surface area (Å²) in [6.07, 6.45) is 2.55. The highest BCUT2D eigenvalue weighted by molar-refractivity contribution is 6.77. The number of carbonyl (C=O) groups excluding carboxylic acids is 1. The van der Waals surface area contributed by atoms with Crippen LogP contribution in [0.4, 0.5) is 0 Å². The zero-order valence-electron chi connectivity index (χ0n) is 5.20. The van der Waals surface area contributed by atoms with Gasteiger partial charge in [-0.25, -0.2) is 0 Å². The second kappa shape index (κ2) is 4.06. The lowest BCUT2D eigenvalue weighted by Gasteiger charge is -2.03. The van der Waals surface area contributed by atoms with Crippen molar-refractivity contribution in [3.8, 4) is 0 Å². The maximum Gasteiger partial charge on any atom is 0.252 e. The molecule has 0 heterocycles. The number of hydrogen-bond donors (Lipinski definition) is 1. The van der Waals surface area contributed by atoms with E-state index in [1.54, 1.807) is 7.05 Å². The minimum atomic E-state index is -1.84. The van der Waals surface area contributed by atoms with Crippen molar-refractivity contribution in [1.82, 2.24) is 5.32 Å². The van der Waals surface area contributed by atoms with Crippen LogP contribution in [0.3, 0.4) is 0 Å². The quantitative estimate of drug-likeness (QED) is 0.545. The average Bonchev–Trinajstić information content (AvgIpc) is 1.80. The summed E-state index contributed by atoms with van der Waals surface area (Å²) in [6, 6.07) is 0. The predicted molar refractivity (Wildman–Crippen MR) is 43.5 cm³/mol. The van der Waals surface area contributed by atoms with Gasteiger partial charge in [0.25, 0.3) is 3.79 Å². The minimum absolute atomic E-state index is 0.563. The topological polar surface area (TPSA) is 29.1 Å². The molecule has 0 aromatic rings. The average molecular weight is 202 g/mol. The van der Waals surface area contributed by atoms with E-state index in [-0.39, 0.29) is 0 Å². The first-order chi connectivity index (χ1) is 4.48. The van der Waals surface area contributed by atoms with E-state index in [9.17, 15) is 4.79 Å². The lowest BCUT2D eigenvalue weighted by Crippen LogP contribution is -2.16. The van der Waals surface area contributed by atoms with Crippen LogP contribution in [-0.2, 0) is 4.79 Å².